The van der Waals surface area contributed by atoms with E-state index >= 15 is 0 Å². The maximum Gasteiger partial charge on any atom is 0.258 e. The lowest BCUT2D eigenvalue weighted by molar-refractivity contribution is -0.125. The summed E-state index contributed by atoms with van der Waals surface area (Å²) in [6.07, 6.45) is 4.56. The van der Waals surface area contributed by atoms with Crippen LogP contribution in [0.2, 0.25) is 0 Å². The van der Waals surface area contributed by atoms with Crippen molar-refractivity contribution in [2.24, 2.45) is 15.9 Å². The molecule has 0 fully saturated rings. The zero-order chi connectivity index (χ0) is 19.7. The molecule has 2 heterocycles. The average Bonchev–Trinajstić information content (AvgIpc) is 3.02. The molecule has 28 heavy (non-hydrogen) atoms. The zero-order valence-electron chi connectivity index (χ0n) is 16.3. The normalized spacial score (nSPS) is 18.2. The average molecular weight is 373 g/mol. The Kier molecular flexibility index (Phi) is 4.82. The molecule has 0 unspecified atom stereocenters. The number of nitrogens with zero attached hydrogens (tertiary/aromatic N) is 3. The van der Waals surface area contributed by atoms with Gasteiger partial charge in [-0.3, -0.25) is 9.79 Å². The topological polar surface area (TPSA) is 54.3 Å². The van der Waals surface area contributed by atoms with Gasteiger partial charge in [0.1, 0.15) is 23.5 Å². The first-order chi connectivity index (χ1) is 13.6. The number of hydrogen-bond donors (Lipinski definition) is 0. The van der Waals surface area contributed by atoms with Crippen LogP contribution in [-0.4, -0.2) is 35.6 Å². The van der Waals surface area contributed by atoms with Crippen LogP contribution in [0, 0.1) is 5.92 Å². The molecule has 0 N–H and O–H groups in total. The molecule has 2 aliphatic heterocycles. The van der Waals surface area contributed by atoms with Gasteiger partial charge in [-0.05, 0) is 48.2 Å². The number of fused-ring (bicyclic) bond motifs is 3. The Labute approximate surface area is 165 Å². The minimum absolute atomic E-state index is 0.00339. The highest BCUT2D eigenvalue weighted by molar-refractivity contribution is 6.30. The van der Waals surface area contributed by atoms with Gasteiger partial charge in [0.15, 0.2) is 0 Å². The van der Waals surface area contributed by atoms with E-state index in [-0.39, 0.29) is 11.9 Å². The van der Waals surface area contributed by atoms with Crippen molar-refractivity contribution >= 4 is 29.3 Å². The first-order valence-electron chi connectivity index (χ1n) is 9.49. The van der Waals surface area contributed by atoms with E-state index < -0.39 is 0 Å². The summed E-state index contributed by atoms with van der Waals surface area (Å²) in [5.41, 5.74) is 2.75. The van der Waals surface area contributed by atoms with Crippen LogP contribution in [0.1, 0.15) is 31.4 Å². The first kappa shape index (κ1) is 18.2. The molecule has 1 amide bonds. The Morgan fingerprint density at radius 2 is 1.86 bits per heavy atom. The second kappa shape index (κ2) is 7.43. The molecule has 2 aliphatic rings. The van der Waals surface area contributed by atoms with Gasteiger partial charge >= 0.3 is 0 Å². The summed E-state index contributed by atoms with van der Waals surface area (Å²) in [5, 5.41) is 0. The molecule has 4 rings (SSSR count). The number of methoxy groups -OCH3 is 1. The molecule has 5 heteroatoms. The van der Waals surface area contributed by atoms with E-state index in [1.54, 1.807) is 12.0 Å². The number of ether oxygens (including phenoxy) is 1. The molecule has 0 bridgehead atoms. The van der Waals surface area contributed by atoms with Crippen molar-refractivity contribution in [1.82, 2.24) is 4.90 Å². The molecular weight excluding hydrogens is 350 g/mol. The fourth-order valence-electron chi connectivity index (χ4n) is 3.46. The lowest BCUT2D eigenvalue weighted by Crippen LogP contribution is -2.41. The molecule has 0 aromatic heterocycles. The Morgan fingerprint density at radius 3 is 2.57 bits per heavy atom. The van der Waals surface area contributed by atoms with Crippen LogP contribution in [0.15, 0.2) is 64.6 Å². The molecule has 1 atom stereocenters. The largest absolute Gasteiger partial charge is 0.497 e. The lowest BCUT2D eigenvalue weighted by atomic mass is 10.0. The van der Waals surface area contributed by atoms with Crippen molar-refractivity contribution in [3.63, 3.8) is 0 Å². The summed E-state index contributed by atoms with van der Waals surface area (Å²) in [6.45, 7) is 4.22. The fraction of sp³-hybridized carbons (Fsp3) is 0.261. The predicted octanol–water partition coefficient (Wildman–Crippen LogP) is 4.46. The van der Waals surface area contributed by atoms with Gasteiger partial charge in [0.05, 0.1) is 12.8 Å². The molecule has 142 valence electrons. The Hall–Kier alpha value is -3.21. The van der Waals surface area contributed by atoms with Gasteiger partial charge in [-0.25, -0.2) is 9.89 Å². The predicted molar refractivity (Wildman–Crippen MR) is 112 cm³/mol. The third kappa shape index (κ3) is 3.36. The van der Waals surface area contributed by atoms with Crippen LogP contribution in [0.5, 0.6) is 5.75 Å². The summed E-state index contributed by atoms with van der Waals surface area (Å²) in [5.74, 6) is 2.50. The quantitative estimate of drug-likeness (QED) is 0.777. The summed E-state index contributed by atoms with van der Waals surface area (Å²) >= 11 is 0. The van der Waals surface area contributed by atoms with Gasteiger partial charge in [-0.2, -0.15) is 0 Å². The summed E-state index contributed by atoms with van der Waals surface area (Å²) in [6, 6.07) is 15.2. The first-order valence-corrected chi connectivity index (χ1v) is 9.49. The molecule has 0 saturated carbocycles. The third-order valence-corrected chi connectivity index (χ3v) is 4.84. The van der Waals surface area contributed by atoms with Gasteiger partial charge < -0.3 is 4.74 Å². The molecule has 2 aromatic rings. The van der Waals surface area contributed by atoms with Gasteiger partial charge in [-0.1, -0.05) is 44.2 Å². The van der Waals surface area contributed by atoms with Gasteiger partial charge in [0.25, 0.3) is 5.91 Å². The van der Waals surface area contributed by atoms with Crippen molar-refractivity contribution in [3.8, 4) is 5.75 Å². The van der Waals surface area contributed by atoms with Crippen molar-refractivity contribution in [2.45, 2.75) is 26.3 Å². The van der Waals surface area contributed by atoms with E-state index in [0.29, 0.717) is 17.6 Å². The number of aliphatic imine (C=N–C) groups is 2. The fourth-order valence-corrected chi connectivity index (χ4v) is 3.46. The van der Waals surface area contributed by atoms with Crippen LogP contribution in [0.3, 0.4) is 0 Å². The minimum Gasteiger partial charge on any atom is -0.497 e. The van der Waals surface area contributed by atoms with E-state index in [1.165, 1.54) is 0 Å². The van der Waals surface area contributed by atoms with Crippen molar-refractivity contribution in [1.29, 1.82) is 0 Å². The number of rotatable bonds is 5. The maximum atomic E-state index is 13.1. The molecular formula is C23H23N3O2. The van der Waals surface area contributed by atoms with Crippen LogP contribution in [0.25, 0.3) is 6.08 Å². The van der Waals surface area contributed by atoms with Gasteiger partial charge in [-0.15, -0.1) is 0 Å². The van der Waals surface area contributed by atoms with Crippen LogP contribution >= 0.6 is 0 Å². The monoisotopic (exact) mass is 373 g/mol. The van der Waals surface area contributed by atoms with E-state index in [2.05, 4.69) is 13.8 Å². The number of amides is 1. The molecule has 0 aliphatic carbocycles. The smallest absolute Gasteiger partial charge is 0.258 e. The molecule has 0 saturated heterocycles. The van der Waals surface area contributed by atoms with Crippen LogP contribution in [0.4, 0.5) is 5.69 Å². The molecule has 5 nitrogen and oxygen atoms in total. The van der Waals surface area contributed by atoms with E-state index in [0.717, 1.165) is 29.0 Å². The highest BCUT2D eigenvalue weighted by Crippen LogP contribution is 2.32. The van der Waals surface area contributed by atoms with Crippen LogP contribution in [-0.2, 0) is 4.79 Å². The number of carbonyl (C=O) groups excluding carboxylic acids is 1. The summed E-state index contributed by atoms with van der Waals surface area (Å²) < 4.78 is 5.20. The zero-order valence-corrected chi connectivity index (χ0v) is 16.3. The minimum atomic E-state index is -0.347. The van der Waals surface area contributed by atoms with Crippen molar-refractivity contribution in [3.05, 3.63) is 65.7 Å². The van der Waals surface area contributed by atoms with E-state index in [4.69, 9.17) is 14.7 Å². The van der Waals surface area contributed by atoms with Crippen molar-refractivity contribution in [2.75, 3.05) is 7.11 Å². The Bertz CT molecular complexity index is 987. The number of benzene rings is 2. The molecule has 0 spiro atoms. The van der Waals surface area contributed by atoms with Gasteiger partial charge in [0, 0.05) is 5.56 Å². The standard InChI is InChI=1S/C23H23N3O2/c1-15(2)14-20-23(27)26-21(13-10-16-8-11-17(28-3)12-9-16)24-19-7-5-4-6-18(19)22(26)25-20/h4-13,15,20H,14H2,1-3H3/b13-10+/t20-/m0/s1. The number of carbonyl (C=O) groups is 1. The highest BCUT2D eigenvalue weighted by Gasteiger charge is 2.40. The second-order valence-electron chi connectivity index (χ2n) is 7.37. The summed E-state index contributed by atoms with van der Waals surface area (Å²) in [7, 11) is 1.65. The number of para-hydroxylation sites is 1. The second-order valence-corrected chi connectivity index (χ2v) is 7.37. The SMILES string of the molecule is COc1ccc(/C=C/C2=Nc3ccccc3C3=N[C@@H](CC(C)C)C(=O)N23)cc1. The summed E-state index contributed by atoms with van der Waals surface area (Å²) in [4.78, 5) is 24.2. The maximum absolute atomic E-state index is 13.1. The lowest BCUT2D eigenvalue weighted by Gasteiger charge is -2.24. The third-order valence-electron chi connectivity index (χ3n) is 4.84. The van der Waals surface area contributed by atoms with E-state index in [9.17, 15) is 4.79 Å². The van der Waals surface area contributed by atoms with Crippen LogP contribution < -0.4 is 4.74 Å². The molecule has 2 aromatic carbocycles. The van der Waals surface area contributed by atoms with Crippen molar-refractivity contribution < 1.29 is 9.53 Å². The highest BCUT2D eigenvalue weighted by atomic mass is 16.5. The van der Waals surface area contributed by atoms with E-state index in [1.807, 2.05) is 60.7 Å². The van der Waals surface area contributed by atoms with Gasteiger partial charge in [0.2, 0.25) is 0 Å². The Morgan fingerprint density at radius 1 is 1.11 bits per heavy atom. The number of amidine groups is 2. The number of hydrogen-bond acceptors (Lipinski definition) is 4. The molecule has 0 radical (unpaired) electrons. The Balaban J connectivity index is 1.70.